The van der Waals surface area contributed by atoms with Gasteiger partial charge >= 0.3 is 0 Å². The predicted octanol–water partition coefficient (Wildman–Crippen LogP) is -0.00400. The third-order valence-electron chi connectivity index (χ3n) is 2.05. The molecular formula is C9H14N2O2S. The zero-order chi connectivity index (χ0) is 10.6. The summed E-state index contributed by atoms with van der Waals surface area (Å²) >= 11 is 0. The second-order valence-corrected chi connectivity index (χ2v) is 5.58. The summed E-state index contributed by atoms with van der Waals surface area (Å²) in [4.78, 5) is 3.92. The van der Waals surface area contributed by atoms with E-state index in [4.69, 9.17) is 5.73 Å². The lowest BCUT2D eigenvalue weighted by molar-refractivity contribution is 0.584. The Morgan fingerprint density at radius 1 is 1.57 bits per heavy atom. The van der Waals surface area contributed by atoms with Crippen LogP contribution in [0.2, 0.25) is 0 Å². The van der Waals surface area contributed by atoms with Crippen molar-refractivity contribution < 1.29 is 8.42 Å². The highest BCUT2D eigenvalue weighted by atomic mass is 32.2. The summed E-state index contributed by atoms with van der Waals surface area (Å²) < 4.78 is 22.5. The molecule has 14 heavy (non-hydrogen) atoms. The lowest BCUT2D eigenvalue weighted by Crippen LogP contribution is -2.30. The minimum Gasteiger partial charge on any atom is -0.329 e. The molecule has 1 unspecified atom stereocenters. The van der Waals surface area contributed by atoms with Gasteiger partial charge in [-0.2, -0.15) is 0 Å². The molecule has 0 aliphatic carbocycles. The molecule has 0 radical (unpaired) electrons. The highest BCUT2D eigenvalue weighted by Gasteiger charge is 2.19. The molecule has 4 nitrogen and oxygen atoms in total. The first-order chi connectivity index (χ1) is 6.54. The van der Waals surface area contributed by atoms with Crippen LogP contribution in [0.1, 0.15) is 5.56 Å². The number of hydrogen-bond acceptors (Lipinski definition) is 4. The summed E-state index contributed by atoms with van der Waals surface area (Å²) in [5, 5.41) is -0.508. The number of hydrogen-bond donors (Lipinski definition) is 1. The highest BCUT2D eigenvalue weighted by Crippen LogP contribution is 2.07. The number of nitrogens with zero attached hydrogens (tertiary/aromatic N) is 1. The van der Waals surface area contributed by atoms with E-state index in [2.05, 4.69) is 4.98 Å². The van der Waals surface area contributed by atoms with Crippen LogP contribution in [0, 0.1) is 0 Å². The molecule has 0 fully saturated rings. The third-order valence-corrected chi connectivity index (χ3v) is 3.62. The van der Waals surface area contributed by atoms with Crippen LogP contribution in [0.3, 0.4) is 0 Å². The molecule has 0 amide bonds. The normalized spacial score (nSPS) is 13.9. The van der Waals surface area contributed by atoms with E-state index >= 15 is 0 Å². The van der Waals surface area contributed by atoms with Crippen LogP contribution in [0.15, 0.2) is 24.5 Å². The Hall–Kier alpha value is -0.940. The minimum absolute atomic E-state index is 0.147. The predicted molar refractivity (Wildman–Crippen MR) is 55.6 cm³/mol. The Bertz CT molecular complexity index is 375. The lowest BCUT2D eigenvalue weighted by Gasteiger charge is -2.11. The van der Waals surface area contributed by atoms with Crippen molar-refractivity contribution in [1.29, 1.82) is 0 Å². The average molecular weight is 214 g/mol. The maximum absolute atomic E-state index is 11.3. The van der Waals surface area contributed by atoms with Gasteiger partial charge in [-0.25, -0.2) is 8.42 Å². The van der Waals surface area contributed by atoms with Crippen molar-refractivity contribution in [3.05, 3.63) is 30.1 Å². The molecule has 0 saturated carbocycles. The Morgan fingerprint density at radius 2 is 2.29 bits per heavy atom. The van der Waals surface area contributed by atoms with Crippen LogP contribution in [-0.2, 0) is 16.3 Å². The Kier molecular flexibility index (Phi) is 3.60. The zero-order valence-electron chi connectivity index (χ0n) is 8.05. The molecule has 0 spiro atoms. The van der Waals surface area contributed by atoms with E-state index in [9.17, 15) is 8.42 Å². The Labute approximate surface area is 84.1 Å². The maximum Gasteiger partial charge on any atom is 0.151 e. The van der Waals surface area contributed by atoms with E-state index in [0.717, 1.165) is 5.56 Å². The first kappa shape index (κ1) is 11.1. The van der Waals surface area contributed by atoms with Crippen molar-refractivity contribution in [3.63, 3.8) is 0 Å². The van der Waals surface area contributed by atoms with Gasteiger partial charge in [-0.05, 0) is 18.1 Å². The molecule has 5 heteroatoms. The first-order valence-corrected chi connectivity index (χ1v) is 6.27. The fraction of sp³-hybridized carbons (Fsp3) is 0.444. The van der Waals surface area contributed by atoms with Gasteiger partial charge in [0.25, 0.3) is 0 Å². The Morgan fingerprint density at radius 3 is 2.71 bits per heavy atom. The molecule has 0 saturated heterocycles. The van der Waals surface area contributed by atoms with E-state index in [0.29, 0.717) is 6.42 Å². The Balaban J connectivity index is 2.77. The zero-order valence-corrected chi connectivity index (χ0v) is 8.87. The molecule has 1 aromatic heterocycles. The second kappa shape index (κ2) is 4.52. The van der Waals surface area contributed by atoms with Crippen LogP contribution in [0.5, 0.6) is 0 Å². The van der Waals surface area contributed by atoms with E-state index in [1.54, 1.807) is 18.5 Å². The molecule has 0 aromatic carbocycles. The highest BCUT2D eigenvalue weighted by molar-refractivity contribution is 7.91. The molecule has 78 valence electrons. The molecule has 1 rings (SSSR count). The van der Waals surface area contributed by atoms with Gasteiger partial charge in [-0.1, -0.05) is 6.07 Å². The largest absolute Gasteiger partial charge is 0.329 e. The van der Waals surface area contributed by atoms with E-state index < -0.39 is 15.1 Å². The van der Waals surface area contributed by atoms with Gasteiger partial charge in [-0.3, -0.25) is 4.98 Å². The molecule has 1 aromatic rings. The molecule has 1 heterocycles. The smallest absolute Gasteiger partial charge is 0.151 e. The molecule has 2 N–H and O–H groups in total. The quantitative estimate of drug-likeness (QED) is 0.765. The van der Waals surface area contributed by atoms with Crippen molar-refractivity contribution in [2.24, 2.45) is 5.73 Å². The number of nitrogens with two attached hydrogens (primary N) is 1. The van der Waals surface area contributed by atoms with Crippen molar-refractivity contribution in [2.75, 3.05) is 12.8 Å². The standard InChI is InChI=1S/C9H14N2O2S/c1-14(12,13)9(6-10)5-8-3-2-4-11-7-8/h2-4,7,9H,5-6,10H2,1H3. The van der Waals surface area contributed by atoms with Crippen molar-refractivity contribution >= 4 is 9.84 Å². The summed E-state index contributed by atoms with van der Waals surface area (Å²) in [6.07, 6.45) is 4.96. The topological polar surface area (TPSA) is 73.0 Å². The van der Waals surface area contributed by atoms with Crippen LogP contribution in [0.4, 0.5) is 0 Å². The van der Waals surface area contributed by atoms with Gasteiger partial charge in [0, 0.05) is 25.2 Å². The summed E-state index contributed by atoms with van der Waals surface area (Å²) in [6, 6.07) is 3.63. The van der Waals surface area contributed by atoms with Gasteiger partial charge < -0.3 is 5.73 Å². The third kappa shape index (κ3) is 3.08. The fourth-order valence-corrected chi connectivity index (χ4v) is 2.04. The van der Waals surface area contributed by atoms with Crippen molar-refractivity contribution in [2.45, 2.75) is 11.7 Å². The van der Waals surface area contributed by atoms with E-state index in [1.165, 1.54) is 6.26 Å². The SMILES string of the molecule is CS(=O)(=O)C(CN)Cc1cccnc1. The minimum atomic E-state index is -3.07. The number of sulfone groups is 1. The van der Waals surface area contributed by atoms with Gasteiger partial charge in [0.1, 0.15) is 0 Å². The number of aromatic nitrogens is 1. The lowest BCUT2D eigenvalue weighted by atomic mass is 10.1. The second-order valence-electron chi connectivity index (χ2n) is 3.25. The van der Waals surface area contributed by atoms with Gasteiger partial charge in [0.15, 0.2) is 9.84 Å². The first-order valence-electron chi connectivity index (χ1n) is 4.32. The number of pyridine rings is 1. The van der Waals surface area contributed by atoms with E-state index in [-0.39, 0.29) is 6.54 Å². The summed E-state index contributed by atoms with van der Waals surface area (Å²) in [5.41, 5.74) is 6.30. The maximum atomic E-state index is 11.3. The fourth-order valence-electron chi connectivity index (χ4n) is 1.19. The molecule has 0 bridgehead atoms. The van der Waals surface area contributed by atoms with E-state index in [1.807, 2.05) is 6.07 Å². The molecule has 0 aliphatic heterocycles. The van der Waals surface area contributed by atoms with Crippen LogP contribution >= 0.6 is 0 Å². The van der Waals surface area contributed by atoms with Crippen molar-refractivity contribution in [1.82, 2.24) is 4.98 Å². The molecule has 0 aliphatic rings. The summed E-state index contributed by atoms with van der Waals surface area (Å²) in [7, 11) is -3.07. The van der Waals surface area contributed by atoms with Gasteiger partial charge in [0.2, 0.25) is 0 Å². The molecule has 1 atom stereocenters. The van der Waals surface area contributed by atoms with Crippen LogP contribution in [-0.4, -0.2) is 31.5 Å². The van der Waals surface area contributed by atoms with Crippen molar-refractivity contribution in [3.8, 4) is 0 Å². The monoisotopic (exact) mass is 214 g/mol. The summed E-state index contributed by atoms with van der Waals surface area (Å²) in [6.45, 7) is 0.147. The van der Waals surface area contributed by atoms with Crippen LogP contribution < -0.4 is 5.73 Å². The van der Waals surface area contributed by atoms with Gasteiger partial charge in [-0.15, -0.1) is 0 Å². The summed E-state index contributed by atoms with van der Waals surface area (Å²) in [5.74, 6) is 0. The molecular weight excluding hydrogens is 200 g/mol. The number of rotatable bonds is 4. The van der Waals surface area contributed by atoms with Gasteiger partial charge in [0.05, 0.1) is 5.25 Å². The van der Waals surface area contributed by atoms with Crippen LogP contribution in [0.25, 0.3) is 0 Å². The average Bonchev–Trinajstić information content (AvgIpc) is 2.14.